The molecule has 4 nitrogen and oxygen atoms in total. The van der Waals surface area contributed by atoms with Crippen LogP contribution in [0.5, 0.6) is 0 Å². The first-order valence-electron chi connectivity index (χ1n) is 6.96. The zero-order chi connectivity index (χ0) is 14.5. The summed E-state index contributed by atoms with van der Waals surface area (Å²) in [6.45, 7) is 9.34. The van der Waals surface area contributed by atoms with Gasteiger partial charge in [-0.25, -0.2) is 4.98 Å². The Balaban J connectivity index is 2.22. The van der Waals surface area contributed by atoms with Gasteiger partial charge in [0.25, 0.3) is 0 Å². The van der Waals surface area contributed by atoms with E-state index in [-0.39, 0.29) is 5.91 Å². The lowest BCUT2D eigenvalue weighted by atomic mass is 10.2. The standard InChI is InChI=1S/C16H21N3O/c1-4-16(20)17-10-9-15-18-13-7-5-6-8-14(13)19(15)11-12(2)3/h4-8,12H,1,9-11H2,2-3H3,(H,17,20). The number of aromatic nitrogens is 2. The Morgan fingerprint density at radius 2 is 2.20 bits per heavy atom. The van der Waals surface area contributed by atoms with Gasteiger partial charge in [-0.1, -0.05) is 32.6 Å². The summed E-state index contributed by atoms with van der Waals surface area (Å²) < 4.78 is 2.25. The molecule has 1 N–H and O–H groups in total. The molecule has 1 heterocycles. The topological polar surface area (TPSA) is 46.9 Å². The van der Waals surface area contributed by atoms with E-state index in [2.05, 4.69) is 41.4 Å². The smallest absolute Gasteiger partial charge is 0.243 e. The molecule has 0 aliphatic carbocycles. The highest BCUT2D eigenvalue weighted by atomic mass is 16.1. The molecule has 0 aliphatic rings. The van der Waals surface area contributed by atoms with Crippen LogP contribution >= 0.6 is 0 Å². The average molecular weight is 271 g/mol. The molecular formula is C16H21N3O. The molecule has 0 atom stereocenters. The first-order valence-corrected chi connectivity index (χ1v) is 6.96. The number of carbonyl (C=O) groups is 1. The number of amides is 1. The Labute approximate surface area is 119 Å². The maximum Gasteiger partial charge on any atom is 0.243 e. The van der Waals surface area contributed by atoms with Crippen molar-refractivity contribution in [2.75, 3.05) is 6.54 Å². The summed E-state index contributed by atoms with van der Waals surface area (Å²) >= 11 is 0. The average Bonchev–Trinajstić information content (AvgIpc) is 2.76. The van der Waals surface area contributed by atoms with Gasteiger partial charge in [0, 0.05) is 19.5 Å². The van der Waals surface area contributed by atoms with E-state index in [1.165, 1.54) is 6.08 Å². The molecule has 0 unspecified atom stereocenters. The van der Waals surface area contributed by atoms with Gasteiger partial charge < -0.3 is 9.88 Å². The van der Waals surface area contributed by atoms with Crippen LogP contribution in [0.25, 0.3) is 11.0 Å². The van der Waals surface area contributed by atoms with Crippen LogP contribution in [-0.4, -0.2) is 22.0 Å². The van der Waals surface area contributed by atoms with Gasteiger partial charge >= 0.3 is 0 Å². The van der Waals surface area contributed by atoms with E-state index < -0.39 is 0 Å². The number of fused-ring (bicyclic) bond motifs is 1. The summed E-state index contributed by atoms with van der Waals surface area (Å²) in [4.78, 5) is 15.9. The zero-order valence-corrected chi connectivity index (χ0v) is 12.1. The van der Waals surface area contributed by atoms with Crippen molar-refractivity contribution in [3.63, 3.8) is 0 Å². The van der Waals surface area contributed by atoms with Gasteiger partial charge in [0.05, 0.1) is 11.0 Å². The fourth-order valence-electron chi connectivity index (χ4n) is 2.25. The van der Waals surface area contributed by atoms with E-state index in [0.717, 1.165) is 29.8 Å². The monoisotopic (exact) mass is 271 g/mol. The van der Waals surface area contributed by atoms with Crippen LogP contribution in [0.4, 0.5) is 0 Å². The number of rotatable bonds is 6. The van der Waals surface area contributed by atoms with E-state index in [1.54, 1.807) is 0 Å². The summed E-state index contributed by atoms with van der Waals surface area (Å²) in [5.74, 6) is 1.43. The highest BCUT2D eigenvalue weighted by Crippen LogP contribution is 2.18. The Kier molecular flexibility index (Phi) is 4.56. The van der Waals surface area contributed by atoms with Crippen molar-refractivity contribution in [1.29, 1.82) is 0 Å². The number of hydrogen-bond donors (Lipinski definition) is 1. The lowest BCUT2D eigenvalue weighted by molar-refractivity contribution is -0.116. The highest BCUT2D eigenvalue weighted by Gasteiger charge is 2.11. The molecule has 0 aliphatic heterocycles. The largest absolute Gasteiger partial charge is 0.352 e. The molecule has 0 radical (unpaired) electrons. The van der Waals surface area contributed by atoms with Crippen LogP contribution in [0.3, 0.4) is 0 Å². The van der Waals surface area contributed by atoms with Crippen molar-refractivity contribution in [2.24, 2.45) is 5.92 Å². The van der Waals surface area contributed by atoms with Gasteiger partial charge in [-0.15, -0.1) is 0 Å². The van der Waals surface area contributed by atoms with Crippen LogP contribution in [-0.2, 0) is 17.8 Å². The Morgan fingerprint density at radius 3 is 2.90 bits per heavy atom. The minimum atomic E-state index is -0.142. The molecule has 1 aromatic carbocycles. The number of imidazole rings is 1. The number of para-hydroxylation sites is 2. The molecule has 1 aromatic heterocycles. The van der Waals surface area contributed by atoms with E-state index in [4.69, 9.17) is 0 Å². The summed E-state index contributed by atoms with van der Waals surface area (Å²) in [5.41, 5.74) is 2.17. The summed E-state index contributed by atoms with van der Waals surface area (Å²) in [5, 5.41) is 2.80. The first kappa shape index (κ1) is 14.3. The zero-order valence-electron chi connectivity index (χ0n) is 12.1. The lowest BCUT2D eigenvalue weighted by Crippen LogP contribution is -2.24. The minimum absolute atomic E-state index is 0.142. The number of carbonyl (C=O) groups excluding carboxylic acids is 1. The summed E-state index contributed by atoms with van der Waals surface area (Å²) in [6.07, 6.45) is 2.01. The van der Waals surface area contributed by atoms with Crippen LogP contribution < -0.4 is 5.32 Å². The maximum absolute atomic E-state index is 11.2. The van der Waals surface area contributed by atoms with E-state index in [9.17, 15) is 4.79 Å². The second-order valence-electron chi connectivity index (χ2n) is 5.27. The van der Waals surface area contributed by atoms with Gasteiger partial charge in [-0.05, 0) is 24.1 Å². The molecule has 0 fully saturated rings. The molecule has 2 aromatic rings. The summed E-state index contributed by atoms with van der Waals surface area (Å²) in [6, 6.07) is 8.15. The van der Waals surface area contributed by atoms with Crippen LogP contribution in [0.15, 0.2) is 36.9 Å². The molecule has 4 heteroatoms. The van der Waals surface area contributed by atoms with Crippen molar-refractivity contribution in [1.82, 2.24) is 14.9 Å². The molecular weight excluding hydrogens is 250 g/mol. The van der Waals surface area contributed by atoms with E-state index in [1.807, 2.05) is 18.2 Å². The normalized spacial score (nSPS) is 10.9. The number of nitrogens with zero attached hydrogens (tertiary/aromatic N) is 2. The fraction of sp³-hybridized carbons (Fsp3) is 0.375. The Morgan fingerprint density at radius 1 is 1.45 bits per heavy atom. The van der Waals surface area contributed by atoms with E-state index >= 15 is 0 Å². The minimum Gasteiger partial charge on any atom is -0.352 e. The van der Waals surface area contributed by atoms with Gasteiger partial charge in [0.2, 0.25) is 5.91 Å². The van der Waals surface area contributed by atoms with Crippen LogP contribution in [0.1, 0.15) is 19.7 Å². The van der Waals surface area contributed by atoms with Crippen LogP contribution in [0, 0.1) is 5.92 Å². The number of benzene rings is 1. The van der Waals surface area contributed by atoms with Gasteiger partial charge in [0.1, 0.15) is 5.82 Å². The molecule has 0 saturated carbocycles. The predicted molar refractivity (Wildman–Crippen MR) is 81.5 cm³/mol. The van der Waals surface area contributed by atoms with Crippen LogP contribution in [0.2, 0.25) is 0 Å². The third-order valence-corrected chi connectivity index (χ3v) is 3.11. The quantitative estimate of drug-likeness (QED) is 0.821. The molecule has 1 amide bonds. The summed E-state index contributed by atoms with van der Waals surface area (Å²) in [7, 11) is 0. The second kappa shape index (κ2) is 6.37. The molecule has 0 bridgehead atoms. The molecule has 0 saturated heterocycles. The second-order valence-corrected chi connectivity index (χ2v) is 5.27. The van der Waals surface area contributed by atoms with Crippen molar-refractivity contribution in [3.8, 4) is 0 Å². The fourth-order valence-corrected chi connectivity index (χ4v) is 2.25. The van der Waals surface area contributed by atoms with Crippen molar-refractivity contribution in [2.45, 2.75) is 26.8 Å². The Hall–Kier alpha value is -2.10. The number of hydrogen-bond acceptors (Lipinski definition) is 2. The molecule has 0 spiro atoms. The van der Waals surface area contributed by atoms with Gasteiger partial charge in [0.15, 0.2) is 0 Å². The maximum atomic E-state index is 11.2. The molecule has 106 valence electrons. The first-order chi connectivity index (χ1) is 9.61. The van der Waals surface area contributed by atoms with Crippen molar-refractivity contribution in [3.05, 3.63) is 42.7 Å². The number of nitrogens with one attached hydrogen (secondary N) is 1. The predicted octanol–water partition coefficient (Wildman–Crippen LogP) is 2.54. The van der Waals surface area contributed by atoms with Crippen molar-refractivity contribution >= 4 is 16.9 Å². The third kappa shape index (κ3) is 3.26. The van der Waals surface area contributed by atoms with Gasteiger partial charge in [-0.3, -0.25) is 4.79 Å². The highest BCUT2D eigenvalue weighted by molar-refractivity contribution is 5.86. The van der Waals surface area contributed by atoms with E-state index in [0.29, 0.717) is 12.5 Å². The SMILES string of the molecule is C=CC(=O)NCCc1nc2ccccc2n1CC(C)C. The molecule has 2 rings (SSSR count). The third-order valence-electron chi connectivity index (χ3n) is 3.11. The van der Waals surface area contributed by atoms with Gasteiger partial charge in [-0.2, -0.15) is 0 Å². The lowest BCUT2D eigenvalue weighted by Gasteiger charge is -2.11. The Bertz CT molecular complexity index is 613. The van der Waals surface area contributed by atoms with Crippen molar-refractivity contribution < 1.29 is 4.79 Å². The molecule has 20 heavy (non-hydrogen) atoms.